The molecule has 5 nitrogen and oxygen atoms in total. The van der Waals surface area contributed by atoms with Crippen LogP contribution in [0.3, 0.4) is 0 Å². The summed E-state index contributed by atoms with van der Waals surface area (Å²) in [5.41, 5.74) is 5.58. The van der Waals surface area contributed by atoms with E-state index in [9.17, 15) is 14.7 Å². The molecule has 1 aromatic rings. The zero-order valence-electron chi connectivity index (χ0n) is 9.59. The molecule has 0 aliphatic rings. The van der Waals surface area contributed by atoms with E-state index in [1.165, 1.54) is 0 Å². The van der Waals surface area contributed by atoms with Crippen LogP contribution in [0.5, 0.6) is 0 Å². The third-order valence-corrected chi connectivity index (χ3v) is 2.43. The molecule has 0 aliphatic heterocycles. The molecule has 4 N–H and O–H groups in total. The van der Waals surface area contributed by atoms with Crippen molar-refractivity contribution in [2.45, 2.75) is 25.5 Å². The average Bonchev–Trinajstić information content (AvgIpc) is 2.35. The number of nitrogens with one attached hydrogen (secondary N) is 1. The number of aliphatic hydroxyl groups excluding tert-OH is 1. The summed E-state index contributed by atoms with van der Waals surface area (Å²) in [5, 5.41) is 12.2. The Morgan fingerprint density at radius 3 is 2.41 bits per heavy atom. The van der Waals surface area contributed by atoms with Gasteiger partial charge >= 0.3 is 0 Å². The Labute approximate surface area is 99.6 Å². The highest BCUT2D eigenvalue weighted by Gasteiger charge is 2.22. The maximum Gasteiger partial charge on any atom is 0.254 e. The van der Waals surface area contributed by atoms with Crippen molar-refractivity contribution in [3.8, 4) is 0 Å². The molecule has 0 bridgehead atoms. The second-order valence-electron chi connectivity index (χ2n) is 3.69. The van der Waals surface area contributed by atoms with Gasteiger partial charge in [-0.15, -0.1) is 0 Å². The molecule has 5 heteroatoms. The lowest BCUT2D eigenvalue weighted by Gasteiger charge is -2.16. The maximum atomic E-state index is 11.6. The van der Waals surface area contributed by atoms with Crippen molar-refractivity contribution in [1.82, 2.24) is 5.32 Å². The van der Waals surface area contributed by atoms with E-state index in [-0.39, 0.29) is 0 Å². The van der Waals surface area contributed by atoms with Gasteiger partial charge < -0.3 is 16.2 Å². The summed E-state index contributed by atoms with van der Waals surface area (Å²) in [6.45, 7) is 1.73. The van der Waals surface area contributed by atoms with Crippen LogP contribution in [-0.4, -0.2) is 23.0 Å². The first-order chi connectivity index (χ1) is 8.06. The molecule has 0 saturated heterocycles. The Balaban J connectivity index is 2.68. The molecule has 2 amide bonds. The largest absolute Gasteiger partial charge is 0.378 e. The van der Waals surface area contributed by atoms with E-state index in [2.05, 4.69) is 5.32 Å². The first-order valence-corrected chi connectivity index (χ1v) is 5.39. The minimum absolute atomic E-state index is 0.391. The van der Waals surface area contributed by atoms with Gasteiger partial charge in [-0.05, 0) is 12.0 Å². The van der Waals surface area contributed by atoms with Crippen LogP contribution in [0.2, 0.25) is 0 Å². The van der Waals surface area contributed by atoms with Crippen molar-refractivity contribution in [1.29, 1.82) is 0 Å². The lowest BCUT2D eigenvalue weighted by molar-refractivity contribution is -0.133. The fourth-order valence-corrected chi connectivity index (χ4v) is 1.41. The van der Waals surface area contributed by atoms with Gasteiger partial charge in [-0.2, -0.15) is 0 Å². The Morgan fingerprint density at radius 2 is 1.94 bits per heavy atom. The van der Waals surface area contributed by atoms with E-state index < -0.39 is 24.0 Å². The number of carbonyl (C=O) groups excluding carboxylic acids is 2. The Hall–Kier alpha value is -1.88. The summed E-state index contributed by atoms with van der Waals surface area (Å²) in [6.07, 6.45) is -0.896. The average molecular weight is 236 g/mol. The number of hydrogen-bond acceptors (Lipinski definition) is 3. The molecule has 1 aromatic carbocycles. The van der Waals surface area contributed by atoms with E-state index in [1.807, 2.05) is 0 Å². The Bertz CT molecular complexity index is 392. The minimum atomic E-state index is -1.29. The van der Waals surface area contributed by atoms with Crippen molar-refractivity contribution in [2.75, 3.05) is 0 Å². The van der Waals surface area contributed by atoms with Crippen molar-refractivity contribution in [3.05, 3.63) is 35.9 Å². The number of primary amides is 1. The van der Waals surface area contributed by atoms with Crippen LogP contribution in [0, 0.1) is 0 Å². The zero-order chi connectivity index (χ0) is 12.8. The van der Waals surface area contributed by atoms with Gasteiger partial charge in [0.2, 0.25) is 5.91 Å². The van der Waals surface area contributed by atoms with Gasteiger partial charge in [-0.1, -0.05) is 37.3 Å². The minimum Gasteiger partial charge on any atom is -0.378 e. The number of carbonyl (C=O) groups is 2. The number of amides is 2. The Morgan fingerprint density at radius 1 is 1.35 bits per heavy atom. The van der Waals surface area contributed by atoms with Crippen LogP contribution in [0.4, 0.5) is 0 Å². The summed E-state index contributed by atoms with van der Waals surface area (Å²) < 4.78 is 0. The van der Waals surface area contributed by atoms with Crippen LogP contribution < -0.4 is 11.1 Å². The molecule has 0 radical (unpaired) electrons. The molecule has 0 unspecified atom stereocenters. The van der Waals surface area contributed by atoms with Gasteiger partial charge in [-0.3, -0.25) is 9.59 Å². The zero-order valence-corrected chi connectivity index (χ0v) is 9.59. The molecule has 0 heterocycles. The first kappa shape index (κ1) is 13.2. The highest BCUT2D eigenvalue weighted by molar-refractivity contribution is 5.88. The van der Waals surface area contributed by atoms with Gasteiger partial charge in [0.1, 0.15) is 6.04 Å². The smallest absolute Gasteiger partial charge is 0.254 e. The molecule has 0 spiro atoms. The lowest BCUT2D eigenvalue weighted by Crippen LogP contribution is -2.45. The molecule has 1 rings (SSSR count). The molecule has 0 aliphatic carbocycles. The van der Waals surface area contributed by atoms with Crippen LogP contribution in [-0.2, 0) is 9.59 Å². The molecule has 17 heavy (non-hydrogen) atoms. The highest BCUT2D eigenvalue weighted by Crippen LogP contribution is 2.12. The quantitative estimate of drug-likeness (QED) is 0.677. The van der Waals surface area contributed by atoms with Crippen LogP contribution in [0.25, 0.3) is 0 Å². The first-order valence-electron chi connectivity index (χ1n) is 5.39. The Kier molecular flexibility index (Phi) is 4.66. The van der Waals surface area contributed by atoms with E-state index >= 15 is 0 Å². The van der Waals surface area contributed by atoms with Crippen LogP contribution in [0.1, 0.15) is 25.0 Å². The van der Waals surface area contributed by atoms with Crippen molar-refractivity contribution in [3.63, 3.8) is 0 Å². The summed E-state index contributed by atoms with van der Waals surface area (Å²) in [4.78, 5) is 22.6. The fraction of sp³-hybridized carbons (Fsp3) is 0.333. The molecule has 2 atom stereocenters. The number of nitrogens with two attached hydrogens (primary N) is 1. The SMILES string of the molecule is CC[C@@H](NC(=O)[C@@H](O)c1ccccc1)C(N)=O. The van der Waals surface area contributed by atoms with Crippen molar-refractivity contribution in [2.24, 2.45) is 5.73 Å². The molecule has 0 fully saturated rings. The van der Waals surface area contributed by atoms with Gasteiger partial charge in [0, 0.05) is 0 Å². The summed E-state index contributed by atoms with van der Waals surface area (Å²) in [7, 11) is 0. The van der Waals surface area contributed by atoms with E-state index in [1.54, 1.807) is 37.3 Å². The normalized spacial score (nSPS) is 13.8. The van der Waals surface area contributed by atoms with Gasteiger partial charge in [0.25, 0.3) is 5.91 Å². The summed E-state index contributed by atoms with van der Waals surface area (Å²) in [5.74, 6) is -1.23. The molecule has 0 saturated carbocycles. The van der Waals surface area contributed by atoms with Crippen LogP contribution in [0.15, 0.2) is 30.3 Å². The molecule has 0 aromatic heterocycles. The number of hydrogen-bond donors (Lipinski definition) is 3. The molecular weight excluding hydrogens is 220 g/mol. The summed E-state index contributed by atoms with van der Waals surface area (Å²) in [6, 6.07) is 7.74. The van der Waals surface area contributed by atoms with E-state index in [0.717, 1.165) is 0 Å². The predicted octanol–water partition coefficient (Wildman–Crippen LogP) is 0.100. The van der Waals surface area contributed by atoms with E-state index in [4.69, 9.17) is 5.73 Å². The maximum absolute atomic E-state index is 11.6. The lowest BCUT2D eigenvalue weighted by atomic mass is 10.1. The highest BCUT2D eigenvalue weighted by atomic mass is 16.3. The predicted molar refractivity (Wildman–Crippen MR) is 62.8 cm³/mol. The monoisotopic (exact) mass is 236 g/mol. The number of aliphatic hydroxyl groups is 1. The van der Waals surface area contributed by atoms with Gasteiger partial charge in [0.05, 0.1) is 0 Å². The van der Waals surface area contributed by atoms with Gasteiger partial charge in [-0.25, -0.2) is 0 Å². The van der Waals surface area contributed by atoms with Gasteiger partial charge in [0.15, 0.2) is 6.10 Å². The number of rotatable bonds is 5. The molecular formula is C12H16N2O3. The second-order valence-corrected chi connectivity index (χ2v) is 3.69. The number of benzene rings is 1. The third kappa shape index (κ3) is 3.57. The van der Waals surface area contributed by atoms with E-state index in [0.29, 0.717) is 12.0 Å². The van der Waals surface area contributed by atoms with Crippen LogP contribution >= 0.6 is 0 Å². The second kappa shape index (κ2) is 6.00. The third-order valence-electron chi connectivity index (χ3n) is 2.43. The van der Waals surface area contributed by atoms with Crippen molar-refractivity contribution < 1.29 is 14.7 Å². The fourth-order valence-electron chi connectivity index (χ4n) is 1.41. The standard InChI is InChI=1S/C12H16N2O3/c1-2-9(11(13)16)14-12(17)10(15)8-6-4-3-5-7-8/h3-7,9-10,15H,2H2,1H3,(H2,13,16)(H,14,17)/t9-,10+/m1/s1. The van der Waals surface area contributed by atoms with Crippen molar-refractivity contribution >= 4 is 11.8 Å². The topological polar surface area (TPSA) is 92.4 Å². The summed E-state index contributed by atoms with van der Waals surface area (Å²) >= 11 is 0. The molecule has 92 valence electrons.